The van der Waals surface area contributed by atoms with Crippen LogP contribution in [0.1, 0.15) is 181 Å². The van der Waals surface area contributed by atoms with Crippen LogP contribution in [0.2, 0.25) is 0 Å². The number of unbranched alkanes of at least 4 members (excludes halogenated alkanes) is 17. The second-order valence-corrected chi connectivity index (χ2v) is 13.3. The number of rotatable bonds is 37. The minimum Gasteiger partial charge on any atom is -0.457 e. The number of esters is 1. The largest absolute Gasteiger partial charge is 0.457 e. The zero-order valence-electron chi connectivity index (χ0n) is 32.2. The van der Waals surface area contributed by atoms with Crippen LogP contribution >= 0.6 is 0 Å². The number of aliphatic hydroxyl groups excluding tert-OH is 1. The Morgan fingerprint density at radius 3 is 1.39 bits per heavy atom. The molecule has 0 heterocycles. The van der Waals surface area contributed by atoms with E-state index in [0.29, 0.717) is 13.0 Å². The average molecular weight is 683 g/mol. The molecule has 282 valence electrons. The second-order valence-electron chi connectivity index (χ2n) is 13.3. The third-order valence-corrected chi connectivity index (χ3v) is 8.50. The van der Waals surface area contributed by atoms with Crippen molar-refractivity contribution in [3.8, 4) is 0 Å². The first-order valence-corrected chi connectivity index (χ1v) is 20.5. The first-order chi connectivity index (χ1) is 24.2. The zero-order chi connectivity index (χ0) is 35.6. The van der Waals surface area contributed by atoms with E-state index in [1.807, 2.05) is 0 Å². The molecule has 0 bridgehead atoms. The molecule has 1 unspecified atom stereocenters. The fraction of sp³-hybridized carbons (Fsp3) is 0.711. The van der Waals surface area contributed by atoms with Crippen LogP contribution in [-0.4, -0.2) is 37.0 Å². The Morgan fingerprint density at radius 2 is 0.918 bits per heavy atom. The average Bonchev–Trinajstić information content (AvgIpc) is 3.11. The molecule has 0 saturated carbocycles. The van der Waals surface area contributed by atoms with Gasteiger partial charge in [0.15, 0.2) is 0 Å². The van der Waals surface area contributed by atoms with Gasteiger partial charge >= 0.3 is 5.97 Å². The van der Waals surface area contributed by atoms with Gasteiger partial charge in [-0.25, -0.2) is 0 Å². The van der Waals surface area contributed by atoms with Crippen molar-refractivity contribution in [2.45, 2.75) is 187 Å². The minimum absolute atomic E-state index is 0.182. The summed E-state index contributed by atoms with van der Waals surface area (Å²) in [6.07, 6.45) is 56.7. The molecule has 0 aliphatic carbocycles. The monoisotopic (exact) mass is 683 g/mol. The molecular formula is C45H78O4. The zero-order valence-corrected chi connectivity index (χ0v) is 32.2. The number of aliphatic hydroxyl groups is 1. The maximum absolute atomic E-state index is 12.2. The minimum atomic E-state index is -0.545. The van der Waals surface area contributed by atoms with E-state index < -0.39 is 6.10 Å². The standard InChI is InChI=1S/C45H78O4/c1-3-5-7-9-11-13-15-17-18-19-20-21-22-23-24-25-26-27-29-31-33-35-37-39-41-48-43-44(42-46)49-45(47)40-38-36-34-32-30-28-16-14-12-10-8-6-4-2/h5,7-8,10-11,13-14,16-18,20-21,44,46H,3-4,6,9,12,15,19,22-43H2,1-2H3/b7-5-,10-8-,13-11-,16-14-,18-17-,21-20-. The molecule has 0 saturated heterocycles. The van der Waals surface area contributed by atoms with Crippen LogP contribution in [0.4, 0.5) is 0 Å². The summed E-state index contributed by atoms with van der Waals surface area (Å²) in [4.78, 5) is 12.2. The lowest BCUT2D eigenvalue weighted by atomic mass is 10.1. The number of allylic oxidation sites excluding steroid dienone is 12. The summed E-state index contributed by atoms with van der Waals surface area (Å²) in [5.41, 5.74) is 0. The van der Waals surface area contributed by atoms with Crippen LogP contribution in [0.5, 0.6) is 0 Å². The first-order valence-electron chi connectivity index (χ1n) is 20.5. The molecule has 49 heavy (non-hydrogen) atoms. The fourth-order valence-electron chi connectivity index (χ4n) is 5.47. The third-order valence-electron chi connectivity index (χ3n) is 8.50. The lowest BCUT2D eigenvalue weighted by molar-refractivity contribution is -0.154. The Kier molecular flexibility index (Phi) is 40.1. The maximum atomic E-state index is 12.2. The predicted molar refractivity (Wildman–Crippen MR) is 214 cm³/mol. The molecule has 0 aromatic heterocycles. The smallest absolute Gasteiger partial charge is 0.306 e. The quantitative estimate of drug-likeness (QED) is 0.0402. The van der Waals surface area contributed by atoms with Crippen LogP contribution in [0.15, 0.2) is 72.9 Å². The Bertz CT molecular complexity index is 850. The van der Waals surface area contributed by atoms with Crippen molar-refractivity contribution in [2.75, 3.05) is 19.8 Å². The van der Waals surface area contributed by atoms with Gasteiger partial charge in [-0.3, -0.25) is 4.79 Å². The van der Waals surface area contributed by atoms with Crippen molar-refractivity contribution < 1.29 is 19.4 Å². The number of ether oxygens (including phenoxy) is 2. The number of carbonyl (C=O) groups excluding carboxylic acids is 1. The molecule has 0 aliphatic rings. The summed E-state index contributed by atoms with van der Waals surface area (Å²) in [6, 6.07) is 0. The summed E-state index contributed by atoms with van der Waals surface area (Å²) in [6.45, 7) is 5.14. The molecule has 0 spiro atoms. The molecule has 1 N–H and O–H groups in total. The van der Waals surface area contributed by atoms with Gasteiger partial charge in [-0.1, -0.05) is 170 Å². The Labute approximate surface area is 304 Å². The molecule has 0 rings (SSSR count). The lowest BCUT2D eigenvalue weighted by Crippen LogP contribution is -2.27. The Balaban J connectivity index is 3.45. The van der Waals surface area contributed by atoms with Crippen LogP contribution in [0.25, 0.3) is 0 Å². The van der Waals surface area contributed by atoms with Gasteiger partial charge in [0.2, 0.25) is 0 Å². The highest BCUT2D eigenvalue weighted by molar-refractivity contribution is 5.69. The van der Waals surface area contributed by atoms with Crippen molar-refractivity contribution in [3.63, 3.8) is 0 Å². The van der Waals surface area contributed by atoms with Crippen molar-refractivity contribution in [2.24, 2.45) is 0 Å². The van der Waals surface area contributed by atoms with Gasteiger partial charge in [0, 0.05) is 13.0 Å². The van der Waals surface area contributed by atoms with E-state index in [9.17, 15) is 9.90 Å². The van der Waals surface area contributed by atoms with Crippen LogP contribution in [0, 0.1) is 0 Å². The van der Waals surface area contributed by atoms with Crippen LogP contribution in [0.3, 0.4) is 0 Å². The number of carbonyl (C=O) groups is 1. The van der Waals surface area contributed by atoms with E-state index in [1.54, 1.807) is 0 Å². The summed E-state index contributed by atoms with van der Waals surface area (Å²) in [7, 11) is 0. The maximum Gasteiger partial charge on any atom is 0.306 e. The first kappa shape index (κ1) is 46.8. The van der Waals surface area contributed by atoms with Gasteiger partial charge in [0.1, 0.15) is 6.10 Å². The van der Waals surface area contributed by atoms with Gasteiger partial charge in [0.25, 0.3) is 0 Å². The van der Waals surface area contributed by atoms with E-state index in [1.165, 1.54) is 96.3 Å². The molecule has 0 aromatic carbocycles. The molecule has 0 amide bonds. The Hall–Kier alpha value is -2.17. The fourth-order valence-corrected chi connectivity index (χ4v) is 5.47. The third kappa shape index (κ3) is 40.1. The molecule has 0 aromatic rings. The van der Waals surface area contributed by atoms with E-state index in [-0.39, 0.29) is 19.2 Å². The normalized spacial score (nSPS) is 13.1. The summed E-state index contributed by atoms with van der Waals surface area (Å²) in [5, 5.41) is 9.58. The highest BCUT2D eigenvalue weighted by Crippen LogP contribution is 2.13. The van der Waals surface area contributed by atoms with Gasteiger partial charge in [0.05, 0.1) is 13.2 Å². The summed E-state index contributed by atoms with van der Waals surface area (Å²) in [5.74, 6) is -0.219. The van der Waals surface area contributed by atoms with Gasteiger partial charge in [-0.2, -0.15) is 0 Å². The highest BCUT2D eigenvalue weighted by atomic mass is 16.6. The molecule has 0 fully saturated rings. The molecule has 0 aliphatic heterocycles. The van der Waals surface area contributed by atoms with Gasteiger partial charge < -0.3 is 14.6 Å². The highest BCUT2D eigenvalue weighted by Gasteiger charge is 2.13. The molecule has 1 atom stereocenters. The predicted octanol–water partition coefficient (Wildman–Crippen LogP) is 13.4. The molecule has 0 radical (unpaired) electrons. The van der Waals surface area contributed by atoms with Crippen molar-refractivity contribution >= 4 is 5.97 Å². The SMILES string of the molecule is CC/C=C\C/C=C\C/C=C\C/C=C\CCCCCCCCCCCCCOCC(CO)OC(=O)CCCCCCC/C=C\C/C=C\CCC. The van der Waals surface area contributed by atoms with Crippen molar-refractivity contribution in [1.29, 1.82) is 0 Å². The van der Waals surface area contributed by atoms with Crippen molar-refractivity contribution in [1.82, 2.24) is 0 Å². The van der Waals surface area contributed by atoms with E-state index >= 15 is 0 Å². The second kappa shape index (κ2) is 42.0. The topological polar surface area (TPSA) is 55.8 Å². The summed E-state index contributed by atoms with van der Waals surface area (Å²) < 4.78 is 11.1. The molecule has 4 heteroatoms. The molecular weight excluding hydrogens is 604 g/mol. The van der Waals surface area contributed by atoms with Crippen LogP contribution < -0.4 is 0 Å². The molecule has 4 nitrogen and oxygen atoms in total. The Morgan fingerprint density at radius 1 is 0.510 bits per heavy atom. The van der Waals surface area contributed by atoms with E-state index in [2.05, 4.69) is 86.8 Å². The van der Waals surface area contributed by atoms with E-state index in [0.717, 1.165) is 64.2 Å². The lowest BCUT2D eigenvalue weighted by Gasteiger charge is -2.15. The summed E-state index contributed by atoms with van der Waals surface area (Å²) >= 11 is 0. The number of hydrogen-bond donors (Lipinski definition) is 1. The van der Waals surface area contributed by atoms with Gasteiger partial charge in [-0.15, -0.1) is 0 Å². The number of hydrogen-bond acceptors (Lipinski definition) is 4. The van der Waals surface area contributed by atoms with Crippen LogP contribution in [-0.2, 0) is 14.3 Å². The van der Waals surface area contributed by atoms with Crippen molar-refractivity contribution in [3.05, 3.63) is 72.9 Å². The van der Waals surface area contributed by atoms with Gasteiger partial charge in [-0.05, 0) is 77.0 Å². The van der Waals surface area contributed by atoms with E-state index in [4.69, 9.17) is 9.47 Å².